The molecule has 2 heterocycles. The second kappa shape index (κ2) is 5.34. The van der Waals surface area contributed by atoms with Gasteiger partial charge in [-0.3, -0.25) is 4.90 Å². The number of ether oxygens (including phenoxy) is 1. The fourth-order valence-corrected chi connectivity index (χ4v) is 2.99. The highest BCUT2D eigenvalue weighted by Gasteiger charge is 2.40. The Balaban J connectivity index is 1.71. The Hall–Kier alpha value is -1.13. The van der Waals surface area contributed by atoms with Crippen molar-refractivity contribution >= 4 is 0 Å². The molecule has 2 aliphatic rings. The van der Waals surface area contributed by atoms with Crippen LogP contribution in [0.25, 0.3) is 0 Å². The first kappa shape index (κ1) is 13.8. The molecule has 4 heteroatoms. The topological polar surface area (TPSA) is 37.4 Å². The maximum absolute atomic E-state index is 5.22. The molecule has 1 saturated carbocycles. The summed E-state index contributed by atoms with van der Waals surface area (Å²) >= 11 is 0. The minimum absolute atomic E-state index is 0.177. The molecule has 0 bridgehead atoms. The van der Waals surface area contributed by atoms with Gasteiger partial charge in [-0.1, -0.05) is 6.07 Å². The zero-order valence-electron chi connectivity index (χ0n) is 12.7. The molecule has 1 aromatic heterocycles. The van der Waals surface area contributed by atoms with Gasteiger partial charge in [0.05, 0.1) is 12.8 Å². The van der Waals surface area contributed by atoms with E-state index in [1.54, 1.807) is 7.11 Å². The minimum atomic E-state index is 0.177. The highest BCUT2D eigenvalue weighted by Crippen LogP contribution is 2.36. The Bertz CT molecular complexity index is 471. The number of rotatable bonds is 4. The summed E-state index contributed by atoms with van der Waals surface area (Å²) in [5.74, 6) is 1.60. The van der Waals surface area contributed by atoms with Gasteiger partial charge in [0.2, 0.25) is 5.88 Å². The molecule has 1 aliphatic carbocycles. The van der Waals surface area contributed by atoms with Crippen LogP contribution in [0.1, 0.15) is 32.4 Å². The lowest BCUT2D eigenvalue weighted by atomic mass is 9.95. The summed E-state index contributed by atoms with van der Waals surface area (Å²) in [6.07, 6.45) is 2.78. The van der Waals surface area contributed by atoms with Gasteiger partial charge in [0.15, 0.2) is 0 Å². The van der Waals surface area contributed by atoms with E-state index >= 15 is 0 Å². The Kier molecular flexibility index (Phi) is 3.69. The fraction of sp³-hybridized carbons (Fsp3) is 0.688. The molecule has 3 rings (SSSR count). The third-order valence-corrected chi connectivity index (χ3v) is 4.60. The Labute approximate surface area is 121 Å². The van der Waals surface area contributed by atoms with E-state index in [1.165, 1.54) is 12.8 Å². The van der Waals surface area contributed by atoms with Crippen molar-refractivity contribution in [3.05, 3.63) is 23.9 Å². The van der Waals surface area contributed by atoms with Crippen LogP contribution in [-0.2, 0) is 6.54 Å². The highest BCUT2D eigenvalue weighted by molar-refractivity contribution is 5.16. The summed E-state index contributed by atoms with van der Waals surface area (Å²) in [5.41, 5.74) is 1.27. The number of hydrogen-bond donors (Lipinski definition) is 1. The second-order valence-corrected chi connectivity index (χ2v) is 6.69. The van der Waals surface area contributed by atoms with Gasteiger partial charge in [0.25, 0.3) is 0 Å². The van der Waals surface area contributed by atoms with Gasteiger partial charge in [-0.25, -0.2) is 4.98 Å². The minimum Gasteiger partial charge on any atom is -0.481 e. The Morgan fingerprint density at radius 3 is 2.90 bits per heavy atom. The van der Waals surface area contributed by atoms with Crippen LogP contribution in [-0.4, -0.2) is 41.7 Å². The van der Waals surface area contributed by atoms with Crippen molar-refractivity contribution in [3.63, 3.8) is 0 Å². The van der Waals surface area contributed by atoms with Crippen molar-refractivity contribution in [2.45, 2.75) is 44.8 Å². The van der Waals surface area contributed by atoms with E-state index < -0.39 is 0 Å². The van der Waals surface area contributed by atoms with Crippen LogP contribution < -0.4 is 10.1 Å². The first-order chi connectivity index (χ1) is 9.58. The number of piperazine rings is 1. The fourth-order valence-electron chi connectivity index (χ4n) is 2.99. The van der Waals surface area contributed by atoms with E-state index in [1.807, 2.05) is 12.1 Å². The molecule has 0 spiro atoms. The number of nitrogens with zero attached hydrogens (tertiary/aromatic N) is 2. The van der Waals surface area contributed by atoms with E-state index in [2.05, 4.69) is 35.1 Å². The summed E-state index contributed by atoms with van der Waals surface area (Å²) in [6.45, 7) is 7.69. The van der Waals surface area contributed by atoms with Crippen LogP contribution >= 0.6 is 0 Å². The largest absolute Gasteiger partial charge is 0.481 e. The second-order valence-electron chi connectivity index (χ2n) is 6.69. The molecule has 1 saturated heterocycles. The summed E-state index contributed by atoms with van der Waals surface area (Å²) in [6, 6.07) is 6.68. The van der Waals surface area contributed by atoms with Gasteiger partial charge in [-0.15, -0.1) is 0 Å². The molecule has 1 N–H and O–H groups in total. The molecule has 0 aromatic carbocycles. The highest BCUT2D eigenvalue weighted by atomic mass is 16.5. The maximum atomic E-state index is 5.22. The van der Waals surface area contributed by atoms with Crippen LogP contribution in [0.3, 0.4) is 0 Å². The predicted octanol–water partition coefficient (Wildman–Crippen LogP) is 2.05. The van der Waals surface area contributed by atoms with Gasteiger partial charge in [0, 0.05) is 37.3 Å². The molecular formula is C16H25N3O. The average Bonchev–Trinajstić information content (AvgIpc) is 3.26. The smallest absolute Gasteiger partial charge is 0.213 e. The van der Waals surface area contributed by atoms with Crippen molar-refractivity contribution in [2.75, 3.05) is 20.2 Å². The molecule has 1 aliphatic heterocycles. The molecule has 4 nitrogen and oxygen atoms in total. The number of nitrogens with one attached hydrogen (secondary N) is 1. The summed E-state index contributed by atoms with van der Waals surface area (Å²) in [4.78, 5) is 7.12. The third-order valence-electron chi connectivity index (χ3n) is 4.60. The van der Waals surface area contributed by atoms with E-state index in [4.69, 9.17) is 4.74 Å². The van der Waals surface area contributed by atoms with Gasteiger partial charge >= 0.3 is 0 Å². The number of hydrogen-bond acceptors (Lipinski definition) is 4. The molecular weight excluding hydrogens is 250 g/mol. The van der Waals surface area contributed by atoms with E-state index in [9.17, 15) is 0 Å². The average molecular weight is 275 g/mol. The van der Waals surface area contributed by atoms with Crippen molar-refractivity contribution < 1.29 is 4.74 Å². The van der Waals surface area contributed by atoms with E-state index in [0.717, 1.165) is 31.2 Å². The van der Waals surface area contributed by atoms with Crippen molar-refractivity contribution in [2.24, 2.45) is 5.92 Å². The molecule has 20 heavy (non-hydrogen) atoms. The molecule has 2 fully saturated rings. The first-order valence-corrected chi connectivity index (χ1v) is 7.57. The lowest BCUT2D eigenvalue weighted by Gasteiger charge is -2.46. The van der Waals surface area contributed by atoms with Gasteiger partial charge in [0.1, 0.15) is 0 Å². The standard InChI is InChI=1S/C16H25N3O/c1-16(2)11-17-14(12-7-8-12)10-19(16)9-13-5-4-6-15(18-13)20-3/h4-6,12,14,17H,7-11H2,1-3H3. The van der Waals surface area contributed by atoms with Crippen LogP contribution in [0, 0.1) is 5.92 Å². The lowest BCUT2D eigenvalue weighted by Crippen LogP contribution is -2.62. The monoisotopic (exact) mass is 275 g/mol. The molecule has 0 amide bonds. The quantitative estimate of drug-likeness (QED) is 0.912. The number of aromatic nitrogens is 1. The predicted molar refractivity (Wildman–Crippen MR) is 79.8 cm³/mol. The van der Waals surface area contributed by atoms with Crippen molar-refractivity contribution in [1.29, 1.82) is 0 Å². The van der Waals surface area contributed by atoms with E-state index in [0.29, 0.717) is 11.9 Å². The van der Waals surface area contributed by atoms with Crippen molar-refractivity contribution in [1.82, 2.24) is 15.2 Å². The maximum Gasteiger partial charge on any atom is 0.213 e. The summed E-state index contributed by atoms with van der Waals surface area (Å²) in [7, 11) is 1.67. The van der Waals surface area contributed by atoms with Gasteiger partial charge in [-0.05, 0) is 38.7 Å². The van der Waals surface area contributed by atoms with Crippen LogP contribution in [0.4, 0.5) is 0 Å². The van der Waals surface area contributed by atoms with Gasteiger partial charge in [-0.2, -0.15) is 0 Å². The SMILES string of the molecule is COc1cccc(CN2CC(C3CC3)NCC2(C)C)n1. The van der Waals surface area contributed by atoms with Gasteiger partial charge < -0.3 is 10.1 Å². The van der Waals surface area contributed by atoms with E-state index in [-0.39, 0.29) is 5.54 Å². The Morgan fingerprint density at radius 2 is 2.20 bits per heavy atom. The summed E-state index contributed by atoms with van der Waals surface area (Å²) < 4.78 is 5.22. The van der Waals surface area contributed by atoms with Crippen LogP contribution in [0.5, 0.6) is 5.88 Å². The van der Waals surface area contributed by atoms with Crippen LogP contribution in [0.2, 0.25) is 0 Å². The normalized spacial score (nSPS) is 26.4. The molecule has 110 valence electrons. The molecule has 1 unspecified atom stereocenters. The third kappa shape index (κ3) is 2.96. The zero-order chi connectivity index (χ0) is 14.2. The number of methoxy groups -OCH3 is 1. The molecule has 1 aromatic rings. The lowest BCUT2D eigenvalue weighted by molar-refractivity contribution is 0.0521. The van der Waals surface area contributed by atoms with Crippen molar-refractivity contribution in [3.8, 4) is 5.88 Å². The zero-order valence-corrected chi connectivity index (χ0v) is 12.7. The molecule has 1 atom stereocenters. The summed E-state index contributed by atoms with van der Waals surface area (Å²) in [5, 5.41) is 3.72. The van der Waals surface area contributed by atoms with Crippen LogP contribution in [0.15, 0.2) is 18.2 Å². The molecule has 0 radical (unpaired) electrons. The number of pyridine rings is 1. The first-order valence-electron chi connectivity index (χ1n) is 7.57. The Morgan fingerprint density at radius 1 is 1.40 bits per heavy atom.